The molecule has 2 aliphatic rings. The van der Waals surface area contributed by atoms with Crippen LogP contribution in [0.3, 0.4) is 0 Å². The summed E-state index contributed by atoms with van der Waals surface area (Å²) in [5.41, 5.74) is 0. The zero-order valence-electron chi connectivity index (χ0n) is 14.5. The molecule has 1 aliphatic heterocycles. The van der Waals surface area contributed by atoms with Gasteiger partial charge in [0.05, 0.1) is 9.58 Å². The number of rotatable bonds is 3. The van der Waals surface area contributed by atoms with Crippen LogP contribution in [-0.2, 0) is 0 Å². The molecule has 0 N–H and O–H groups in total. The van der Waals surface area contributed by atoms with Crippen LogP contribution in [0, 0.1) is 0 Å². The summed E-state index contributed by atoms with van der Waals surface area (Å²) < 4.78 is 3.52. The van der Waals surface area contributed by atoms with Gasteiger partial charge >= 0.3 is 0 Å². The lowest BCUT2D eigenvalue weighted by Crippen LogP contribution is -2.35. The van der Waals surface area contributed by atoms with Crippen LogP contribution in [0.15, 0.2) is 36.9 Å². The minimum absolute atomic E-state index is 0.153. The average molecular weight is 367 g/mol. The van der Waals surface area contributed by atoms with Gasteiger partial charge in [0.15, 0.2) is 0 Å². The van der Waals surface area contributed by atoms with E-state index in [0.29, 0.717) is 12.6 Å². The molecule has 1 aliphatic carbocycles. The van der Waals surface area contributed by atoms with Crippen LogP contribution in [0.25, 0.3) is 10.1 Å². The summed E-state index contributed by atoms with van der Waals surface area (Å²) >= 11 is 1.62. The van der Waals surface area contributed by atoms with Crippen LogP contribution < -0.4 is 4.90 Å². The monoisotopic (exact) mass is 367 g/mol. The predicted octanol–water partition coefficient (Wildman–Crippen LogP) is 3.18. The van der Waals surface area contributed by atoms with E-state index in [9.17, 15) is 4.79 Å². The van der Waals surface area contributed by atoms with Crippen LogP contribution in [0.2, 0.25) is 0 Å². The van der Waals surface area contributed by atoms with E-state index in [1.54, 1.807) is 23.7 Å². The van der Waals surface area contributed by atoms with Gasteiger partial charge in [0.25, 0.3) is 5.91 Å². The number of anilines is 1. The first kappa shape index (κ1) is 15.8. The van der Waals surface area contributed by atoms with Gasteiger partial charge in [0.2, 0.25) is 5.95 Å². The van der Waals surface area contributed by atoms with E-state index in [0.717, 1.165) is 36.9 Å². The molecule has 7 heteroatoms. The molecule has 3 aromatic heterocycles. The zero-order chi connectivity index (χ0) is 17.5. The van der Waals surface area contributed by atoms with E-state index in [1.165, 1.54) is 22.9 Å². The average Bonchev–Trinajstić information content (AvgIpc) is 3.38. The lowest BCUT2D eigenvalue weighted by molar-refractivity contribution is 0.0772. The maximum atomic E-state index is 13.0. The summed E-state index contributed by atoms with van der Waals surface area (Å²) in [6.07, 6.45) is 11.4. The highest BCUT2D eigenvalue weighted by molar-refractivity contribution is 7.20. The number of hydrogen-bond acceptors (Lipinski definition) is 5. The van der Waals surface area contributed by atoms with Crippen LogP contribution in [-0.4, -0.2) is 51.5 Å². The topological polar surface area (TPSA) is 54.3 Å². The lowest BCUT2D eigenvalue weighted by atomic mass is 10.3. The van der Waals surface area contributed by atoms with E-state index >= 15 is 0 Å². The van der Waals surface area contributed by atoms with Crippen molar-refractivity contribution in [2.45, 2.75) is 25.3 Å². The lowest BCUT2D eigenvalue weighted by Gasteiger charge is -2.21. The number of aromatic nitrogens is 3. The number of carbonyl (C=O) groups excluding carboxylic acids is 1. The summed E-state index contributed by atoms with van der Waals surface area (Å²) in [6.45, 7) is 3.15. The third-order valence-electron chi connectivity index (χ3n) is 5.14. The fraction of sp³-hybridized carbons (Fsp3) is 0.421. The molecule has 2 fully saturated rings. The quantitative estimate of drug-likeness (QED) is 0.713. The van der Waals surface area contributed by atoms with Gasteiger partial charge in [0, 0.05) is 62.4 Å². The number of fused-ring (bicyclic) bond motifs is 1. The molecule has 26 heavy (non-hydrogen) atoms. The minimum atomic E-state index is 0.153. The van der Waals surface area contributed by atoms with Crippen molar-refractivity contribution in [3.8, 4) is 0 Å². The van der Waals surface area contributed by atoms with Crippen molar-refractivity contribution in [1.82, 2.24) is 19.4 Å². The van der Waals surface area contributed by atoms with Crippen LogP contribution in [0.1, 0.15) is 35.0 Å². The Morgan fingerprint density at radius 3 is 2.69 bits per heavy atom. The van der Waals surface area contributed by atoms with Gasteiger partial charge in [-0.2, -0.15) is 0 Å². The minimum Gasteiger partial charge on any atom is -0.349 e. The molecule has 0 spiro atoms. The second kappa shape index (κ2) is 6.39. The highest BCUT2D eigenvalue weighted by Crippen LogP contribution is 2.38. The van der Waals surface area contributed by atoms with Gasteiger partial charge in [-0.3, -0.25) is 4.79 Å². The largest absolute Gasteiger partial charge is 0.349 e. The number of amides is 1. The molecule has 1 saturated heterocycles. The normalized spacial score (nSPS) is 18.3. The molecule has 0 aromatic carbocycles. The molecule has 0 bridgehead atoms. The molecule has 0 unspecified atom stereocenters. The summed E-state index contributed by atoms with van der Waals surface area (Å²) in [4.78, 5) is 26.6. The third-order valence-corrected chi connectivity index (χ3v) is 6.22. The first-order valence-corrected chi connectivity index (χ1v) is 10.0. The van der Waals surface area contributed by atoms with Gasteiger partial charge in [0.1, 0.15) is 0 Å². The van der Waals surface area contributed by atoms with Crippen molar-refractivity contribution in [1.29, 1.82) is 0 Å². The Bertz CT molecular complexity index is 898. The zero-order valence-corrected chi connectivity index (χ0v) is 15.4. The fourth-order valence-electron chi connectivity index (χ4n) is 3.57. The molecule has 6 nitrogen and oxygen atoms in total. The maximum absolute atomic E-state index is 13.0. The first-order valence-electron chi connectivity index (χ1n) is 9.20. The number of hydrogen-bond donors (Lipinski definition) is 0. The van der Waals surface area contributed by atoms with E-state index in [2.05, 4.69) is 37.9 Å². The Kier molecular flexibility index (Phi) is 3.89. The van der Waals surface area contributed by atoms with E-state index in [-0.39, 0.29) is 5.91 Å². The highest BCUT2D eigenvalue weighted by Gasteiger charge is 2.25. The fourth-order valence-corrected chi connectivity index (χ4v) is 4.62. The molecule has 0 radical (unpaired) electrons. The van der Waals surface area contributed by atoms with E-state index < -0.39 is 0 Å². The van der Waals surface area contributed by atoms with E-state index in [1.807, 2.05) is 11.0 Å². The molecule has 1 saturated carbocycles. The number of nitrogens with zero attached hydrogens (tertiary/aromatic N) is 5. The number of carbonyl (C=O) groups is 1. The summed E-state index contributed by atoms with van der Waals surface area (Å²) in [5, 5.41) is 1.19. The van der Waals surface area contributed by atoms with Crippen molar-refractivity contribution in [3.63, 3.8) is 0 Å². The Labute approximate surface area is 156 Å². The Balaban J connectivity index is 1.30. The van der Waals surface area contributed by atoms with Gasteiger partial charge in [-0.05, 0) is 31.4 Å². The molecular formula is C19H21N5OS. The van der Waals surface area contributed by atoms with Crippen molar-refractivity contribution in [2.75, 3.05) is 31.1 Å². The predicted molar refractivity (Wildman–Crippen MR) is 103 cm³/mol. The third kappa shape index (κ3) is 2.96. The molecule has 0 atom stereocenters. The second-order valence-corrected chi connectivity index (χ2v) is 8.13. The van der Waals surface area contributed by atoms with Crippen molar-refractivity contribution in [2.24, 2.45) is 0 Å². The molecule has 134 valence electrons. The molecule has 3 aromatic rings. The van der Waals surface area contributed by atoms with Gasteiger partial charge in [-0.1, -0.05) is 0 Å². The Morgan fingerprint density at radius 1 is 1.08 bits per heavy atom. The smallest absolute Gasteiger partial charge is 0.264 e. The molecule has 4 heterocycles. The van der Waals surface area contributed by atoms with Crippen molar-refractivity contribution in [3.05, 3.63) is 41.8 Å². The van der Waals surface area contributed by atoms with Crippen molar-refractivity contribution < 1.29 is 4.79 Å². The van der Waals surface area contributed by atoms with Gasteiger partial charge in [-0.15, -0.1) is 11.3 Å². The highest BCUT2D eigenvalue weighted by atomic mass is 32.1. The van der Waals surface area contributed by atoms with Crippen LogP contribution in [0.4, 0.5) is 5.95 Å². The van der Waals surface area contributed by atoms with Crippen molar-refractivity contribution >= 4 is 33.3 Å². The van der Waals surface area contributed by atoms with Crippen LogP contribution >= 0.6 is 11.3 Å². The first-order chi connectivity index (χ1) is 12.8. The Hall–Kier alpha value is -2.41. The number of thiophene rings is 1. The molecule has 5 rings (SSSR count). The molecule has 1 amide bonds. The van der Waals surface area contributed by atoms with Gasteiger partial charge < -0.3 is 14.4 Å². The Morgan fingerprint density at radius 2 is 1.92 bits per heavy atom. The van der Waals surface area contributed by atoms with Crippen LogP contribution in [0.5, 0.6) is 0 Å². The standard InChI is InChI=1S/C19H21N5OS/c25-18(16-11-14-12-24(15-3-4-15)13-17(14)26-16)22-7-2-8-23(10-9-22)19-20-5-1-6-21-19/h1,5-6,11-13,15H,2-4,7-10H2. The summed E-state index contributed by atoms with van der Waals surface area (Å²) in [5.74, 6) is 0.904. The maximum Gasteiger partial charge on any atom is 0.264 e. The second-order valence-electron chi connectivity index (χ2n) is 7.05. The molecular weight excluding hydrogens is 346 g/mol. The van der Waals surface area contributed by atoms with Gasteiger partial charge in [-0.25, -0.2) is 9.97 Å². The summed E-state index contributed by atoms with van der Waals surface area (Å²) in [6, 6.07) is 4.57. The summed E-state index contributed by atoms with van der Waals surface area (Å²) in [7, 11) is 0. The van der Waals surface area contributed by atoms with E-state index in [4.69, 9.17) is 0 Å². The SMILES string of the molecule is O=C(c1cc2cn(C3CC3)cc2s1)N1CCCN(c2ncccn2)CC1.